The number of nitrogens with one attached hydrogen (secondary N) is 2. The van der Waals surface area contributed by atoms with E-state index < -0.39 is 5.60 Å². The molecule has 0 aromatic heterocycles. The van der Waals surface area contributed by atoms with Crippen LogP contribution in [0.25, 0.3) is 0 Å². The van der Waals surface area contributed by atoms with E-state index in [1.807, 2.05) is 62.4 Å². The second-order valence-corrected chi connectivity index (χ2v) is 8.48. The number of hydrogen-bond acceptors (Lipinski definition) is 4. The molecule has 7 nitrogen and oxygen atoms in total. The largest absolute Gasteiger partial charge is 0.386 e. The van der Waals surface area contributed by atoms with Crippen LogP contribution < -0.4 is 10.6 Å². The Bertz CT molecular complexity index is 985. The molecule has 7 heteroatoms. The molecule has 162 valence electrons. The fourth-order valence-corrected chi connectivity index (χ4v) is 3.96. The number of anilines is 1. The van der Waals surface area contributed by atoms with Gasteiger partial charge in [0, 0.05) is 25.2 Å². The van der Waals surface area contributed by atoms with Crippen LogP contribution in [0.2, 0.25) is 0 Å². The molecule has 1 unspecified atom stereocenters. The van der Waals surface area contributed by atoms with E-state index >= 15 is 0 Å². The van der Waals surface area contributed by atoms with E-state index in [0.717, 1.165) is 29.7 Å². The molecule has 0 radical (unpaired) electrons. The zero-order chi connectivity index (χ0) is 21.8. The number of aryl methyl sites for hydroxylation is 2. The summed E-state index contributed by atoms with van der Waals surface area (Å²) in [6, 6.07) is 15.6. The van der Waals surface area contributed by atoms with E-state index in [-0.39, 0.29) is 11.9 Å². The number of hydrogen-bond donors (Lipinski definition) is 2. The van der Waals surface area contributed by atoms with Crippen molar-refractivity contribution in [2.24, 2.45) is 5.16 Å². The van der Waals surface area contributed by atoms with Gasteiger partial charge < -0.3 is 20.4 Å². The summed E-state index contributed by atoms with van der Waals surface area (Å²) in [6.07, 6.45) is 1.97. The number of carbonyl (C=O) groups excluding carboxylic acids is 2. The number of urea groups is 1. The van der Waals surface area contributed by atoms with Crippen LogP contribution in [0.4, 0.5) is 10.5 Å². The summed E-state index contributed by atoms with van der Waals surface area (Å²) in [6.45, 7) is 5.53. The number of benzene rings is 2. The number of oxime groups is 1. The maximum atomic E-state index is 12.7. The van der Waals surface area contributed by atoms with E-state index in [4.69, 9.17) is 4.84 Å². The third-order valence-corrected chi connectivity index (χ3v) is 5.80. The Balaban J connectivity index is 1.31. The Labute approximate surface area is 182 Å². The maximum absolute atomic E-state index is 12.7. The summed E-state index contributed by atoms with van der Waals surface area (Å²) in [4.78, 5) is 32.8. The van der Waals surface area contributed by atoms with Crippen molar-refractivity contribution < 1.29 is 14.4 Å². The molecule has 1 spiro atoms. The Kier molecular flexibility index (Phi) is 5.93. The molecule has 1 saturated heterocycles. The van der Waals surface area contributed by atoms with Crippen molar-refractivity contribution in [2.45, 2.75) is 45.3 Å². The minimum Gasteiger partial charge on any atom is -0.386 e. The SMILES string of the molecule is Cc1ccc(CNC(=O)C2=NOC3(CCCN(C(=O)Nc4ccc(C)cc4)C3)C2)cc1. The third kappa shape index (κ3) is 5.05. The Hall–Kier alpha value is -3.35. The lowest BCUT2D eigenvalue weighted by molar-refractivity contribution is -0.115. The molecular weight excluding hydrogens is 392 g/mol. The van der Waals surface area contributed by atoms with Crippen LogP contribution in [0.1, 0.15) is 36.0 Å². The van der Waals surface area contributed by atoms with Crippen LogP contribution >= 0.6 is 0 Å². The van der Waals surface area contributed by atoms with Crippen LogP contribution in [0.3, 0.4) is 0 Å². The van der Waals surface area contributed by atoms with Crippen molar-refractivity contribution in [3.63, 3.8) is 0 Å². The molecule has 2 aliphatic rings. The summed E-state index contributed by atoms with van der Waals surface area (Å²) in [7, 11) is 0. The first kappa shape index (κ1) is 20.9. The van der Waals surface area contributed by atoms with Gasteiger partial charge in [-0.25, -0.2) is 4.79 Å². The third-order valence-electron chi connectivity index (χ3n) is 5.80. The van der Waals surface area contributed by atoms with Crippen molar-refractivity contribution in [2.75, 3.05) is 18.4 Å². The van der Waals surface area contributed by atoms with Gasteiger partial charge in [-0.3, -0.25) is 4.79 Å². The first-order valence-corrected chi connectivity index (χ1v) is 10.6. The fourth-order valence-electron chi connectivity index (χ4n) is 3.96. The standard InChI is InChI=1S/C24H28N4O3/c1-17-4-8-19(9-5-17)15-25-22(29)21-14-24(31-27-21)12-3-13-28(16-24)23(30)26-20-10-6-18(2)7-11-20/h4-11H,3,12-16H2,1-2H3,(H,25,29)(H,26,30). The first-order valence-electron chi connectivity index (χ1n) is 10.6. The summed E-state index contributed by atoms with van der Waals surface area (Å²) in [5.41, 5.74) is 3.87. The molecule has 2 N–H and O–H groups in total. The van der Waals surface area contributed by atoms with E-state index in [1.165, 1.54) is 5.56 Å². The summed E-state index contributed by atoms with van der Waals surface area (Å²) >= 11 is 0. The predicted molar refractivity (Wildman–Crippen MR) is 120 cm³/mol. The molecule has 2 aromatic rings. The molecule has 0 saturated carbocycles. The Morgan fingerprint density at radius 2 is 1.74 bits per heavy atom. The van der Waals surface area contributed by atoms with Gasteiger partial charge in [0.15, 0.2) is 5.60 Å². The lowest BCUT2D eigenvalue weighted by Gasteiger charge is -2.38. The van der Waals surface area contributed by atoms with E-state index in [2.05, 4.69) is 15.8 Å². The summed E-state index contributed by atoms with van der Waals surface area (Å²) in [5, 5.41) is 9.92. The van der Waals surface area contributed by atoms with Gasteiger partial charge in [0.05, 0.1) is 6.54 Å². The van der Waals surface area contributed by atoms with Crippen molar-refractivity contribution in [3.05, 3.63) is 65.2 Å². The Morgan fingerprint density at radius 3 is 2.45 bits per heavy atom. The average Bonchev–Trinajstić information content (AvgIpc) is 3.18. The minimum absolute atomic E-state index is 0.163. The van der Waals surface area contributed by atoms with Gasteiger partial charge >= 0.3 is 6.03 Å². The monoisotopic (exact) mass is 420 g/mol. The molecule has 1 fully saturated rings. The van der Waals surface area contributed by atoms with Crippen LogP contribution in [0, 0.1) is 13.8 Å². The van der Waals surface area contributed by atoms with Gasteiger partial charge in [0.25, 0.3) is 5.91 Å². The normalized spacial score (nSPS) is 20.2. The van der Waals surface area contributed by atoms with Gasteiger partial charge in [-0.05, 0) is 44.4 Å². The quantitative estimate of drug-likeness (QED) is 0.790. The highest BCUT2D eigenvalue weighted by Crippen LogP contribution is 2.33. The molecule has 2 aliphatic heterocycles. The molecular formula is C24H28N4O3. The number of nitrogens with zero attached hydrogens (tertiary/aromatic N) is 2. The number of piperidine rings is 1. The molecule has 31 heavy (non-hydrogen) atoms. The van der Waals surface area contributed by atoms with Crippen molar-refractivity contribution >= 4 is 23.3 Å². The molecule has 0 bridgehead atoms. The van der Waals surface area contributed by atoms with Crippen molar-refractivity contribution in [3.8, 4) is 0 Å². The summed E-state index contributed by atoms with van der Waals surface area (Å²) in [5.74, 6) is -0.223. The van der Waals surface area contributed by atoms with Crippen LogP contribution in [-0.4, -0.2) is 41.2 Å². The second kappa shape index (κ2) is 8.79. The van der Waals surface area contributed by atoms with Crippen molar-refractivity contribution in [1.82, 2.24) is 10.2 Å². The van der Waals surface area contributed by atoms with Gasteiger partial charge in [-0.15, -0.1) is 0 Å². The highest BCUT2D eigenvalue weighted by molar-refractivity contribution is 6.39. The van der Waals surface area contributed by atoms with Crippen LogP contribution in [0.15, 0.2) is 53.7 Å². The van der Waals surface area contributed by atoms with Crippen LogP contribution in [-0.2, 0) is 16.2 Å². The van der Waals surface area contributed by atoms with Gasteiger partial charge in [-0.1, -0.05) is 52.7 Å². The van der Waals surface area contributed by atoms with E-state index in [1.54, 1.807) is 4.90 Å². The second-order valence-electron chi connectivity index (χ2n) is 8.48. The highest BCUT2D eigenvalue weighted by atomic mass is 16.7. The molecule has 0 aliphatic carbocycles. The lowest BCUT2D eigenvalue weighted by Crippen LogP contribution is -2.52. The fraction of sp³-hybridized carbons (Fsp3) is 0.375. The highest BCUT2D eigenvalue weighted by Gasteiger charge is 2.45. The average molecular weight is 421 g/mol. The Morgan fingerprint density at radius 1 is 1.06 bits per heavy atom. The first-order chi connectivity index (χ1) is 14.9. The lowest BCUT2D eigenvalue weighted by atomic mass is 9.88. The van der Waals surface area contributed by atoms with E-state index in [0.29, 0.717) is 31.8 Å². The summed E-state index contributed by atoms with van der Waals surface area (Å²) < 4.78 is 0. The van der Waals surface area contributed by atoms with E-state index in [9.17, 15) is 9.59 Å². The zero-order valence-electron chi connectivity index (χ0n) is 18.0. The molecule has 1 atom stereocenters. The van der Waals surface area contributed by atoms with Crippen LogP contribution in [0.5, 0.6) is 0 Å². The van der Waals surface area contributed by atoms with Gasteiger partial charge in [0.2, 0.25) is 0 Å². The zero-order valence-corrected chi connectivity index (χ0v) is 18.0. The topological polar surface area (TPSA) is 83.0 Å². The number of amides is 3. The number of rotatable bonds is 4. The maximum Gasteiger partial charge on any atom is 0.321 e. The molecule has 4 rings (SSSR count). The molecule has 2 heterocycles. The van der Waals surface area contributed by atoms with Gasteiger partial charge in [0.1, 0.15) is 5.71 Å². The number of carbonyl (C=O) groups is 2. The number of likely N-dealkylation sites (tertiary alicyclic amines) is 1. The van der Waals surface area contributed by atoms with Gasteiger partial charge in [-0.2, -0.15) is 0 Å². The van der Waals surface area contributed by atoms with Crippen molar-refractivity contribution in [1.29, 1.82) is 0 Å². The smallest absolute Gasteiger partial charge is 0.321 e. The molecule has 3 amide bonds. The predicted octanol–water partition coefficient (Wildman–Crippen LogP) is 3.76. The molecule has 2 aromatic carbocycles. The minimum atomic E-state index is -0.626.